The molecule has 3 nitrogen and oxygen atoms in total. The number of rotatable bonds is 4. The lowest BCUT2D eigenvalue weighted by Gasteiger charge is -2.16. The molecule has 1 aromatic heterocycles. The zero-order chi connectivity index (χ0) is 13.8. The molecule has 0 amide bonds. The fourth-order valence-corrected chi connectivity index (χ4v) is 2.30. The maximum absolute atomic E-state index is 6.24. The van der Waals surface area contributed by atoms with E-state index in [9.17, 15) is 0 Å². The first kappa shape index (κ1) is 13.6. The lowest BCUT2D eigenvalue weighted by atomic mass is 9.99. The first-order valence-corrected chi connectivity index (χ1v) is 6.43. The van der Waals surface area contributed by atoms with Crippen LogP contribution in [0.25, 0.3) is 0 Å². The van der Waals surface area contributed by atoms with Crippen LogP contribution in [-0.4, -0.2) is 12.1 Å². The Morgan fingerprint density at radius 2 is 1.89 bits per heavy atom. The minimum Gasteiger partial charge on any atom is -0.496 e. The van der Waals surface area contributed by atoms with Crippen LogP contribution in [0.5, 0.6) is 5.75 Å². The average molecular weight is 256 g/mol. The van der Waals surface area contributed by atoms with Crippen molar-refractivity contribution in [3.05, 3.63) is 58.9 Å². The number of benzene rings is 1. The van der Waals surface area contributed by atoms with Crippen LogP contribution in [0.1, 0.15) is 28.4 Å². The number of hydrogen-bond acceptors (Lipinski definition) is 3. The van der Waals surface area contributed by atoms with Crippen molar-refractivity contribution in [2.75, 3.05) is 7.11 Å². The number of ether oxygens (including phenoxy) is 1. The topological polar surface area (TPSA) is 48.1 Å². The summed E-state index contributed by atoms with van der Waals surface area (Å²) in [6.07, 6.45) is 2.56. The molecule has 0 aliphatic heterocycles. The van der Waals surface area contributed by atoms with Crippen molar-refractivity contribution in [2.24, 2.45) is 5.73 Å². The summed E-state index contributed by atoms with van der Waals surface area (Å²) in [7, 11) is 1.69. The lowest BCUT2D eigenvalue weighted by Crippen LogP contribution is -2.15. The van der Waals surface area contributed by atoms with E-state index in [1.807, 2.05) is 50.4 Å². The Balaban J connectivity index is 2.25. The molecule has 1 heterocycles. The number of methoxy groups -OCH3 is 1. The minimum atomic E-state index is -0.0418. The van der Waals surface area contributed by atoms with Crippen molar-refractivity contribution in [3.8, 4) is 5.75 Å². The Kier molecular flexibility index (Phi) is 4.17. The largest absolute Gasteiger partial charge is 0.496 e. The summed E-state index contributed by atoms with van der Waals surface area (Å²) < 4.78 is 5.42. The fraction of sp³-hybridized carbons (Fsp3) is 0.312. The molecule has 19 heavy (non-hydrogen) atoms. The number of aromatic nitrogens is 1. The number of pyridine rings is 1. The van der Waals surface area contributed by atoms with Gasteiger partial charge in [0, 0.05) is 35.5 Å². The van der Waals surface area contributed by atoms with E-state index in [2.05, 4.69) is 4.98 Å². The summed E-state index contributed by atoms with van der Waals surface area (Å²) in [6, 6.07) is 10.1. The molecule has 1 atom stereocenters. The number of nitrogens with two attached hydrogens (primary N) is 1. The Morgan fingerprint density at radius 1 is 1.21 bits per heavy atom. The maximum Gasteiger partial charge on any atom is 0.128 e. The molecule has 0 saturated heterocycles. The van der Waals surface area contributed by atoms with Gasteiger partial charge in [-0.25, -0.2) is 0 Å². The molecule has 2 rings (SSSR count). The van der Waals surface area contributed by atoms with Crippen molar-refractivity contribution >= 4 is 0 Å². The molecule has 0 aliphatic carbocycles. The summed E-state index contributed by atoms with van der Waals surface area (Å²) in [5, 5.41) is 0. The molecule has 0 aliphatic rings. The zero-order valence-corrected chi connectivity index (χ0v) is 11.7. The molecule has 3 heteroatoms. The molecule has 1 unspecified atom stereocenters. The zero-order valence-electron chi connectivity index (χ0n) is 11.7. The van der Waals surface area contributed by atoms with Gasteiger partial charge in [0.1, 0.15) is 5.75 Å². The average Bonchev–Trinajstić information content (AvgIpc) is 2.43. The first-order valence-electron chi connectivity index (χ1n) is 6.43. The van der Waals surface area contributed by atoms with E-state index in [4.69, 9.17) is 10.5 Å². The predicted molar refractivity (Wildman–Crippen MR) is 77.3 cm³/mol. The molecule has 0 fully saturated rings. The lowest BCUT2D eigenvalue weighted by molar-refractivity contribution is 0.406. The molecular weight excluding hydrogens is 236 g/mol. The molecule has 2 N–H and O–H groups in total. The normalized spacial score (nSPS) is 12.2. The summed E-state index contributed by atoms with van der Waals surface area (Å²) in [6.45, 7) is 4.03. The van der Waals surface area contributed by atoms with Gasteiger partial charge in [-0.15, -0.1) is 0 Å². The molecular formula is C16H20N2O. The molecule has 1 aromatic carbocycles. The van der Waals surface area contributed by atoms with Crippen LogP contribution in [0.2, 0.25) is 0 Å². The maximum atomic E-state index is 6.24. The van der Waals surface area contributed by atoms with Crippen molar-refractivity contribution in [2.45, 2.75) is 26.3 Å². The van der Waals surface area contributed by atoms with Crippen molar-refractivity contribution in [3.63, 3.8) is 0 Å². The van der Waals surface area contributed by atoms with Crippen LogP contribution >= 0.6 is 0 Å². The van der Waals surface area contributed by atoms with Gasteiger partial charge >= 0.3 is 0 Å². The van der Waals surface area contributed by atoms with Gasteiger partial charge < -0.3 is 10.5 Å². The smallest absolute Gasteiger partial charge is 0.128 e. The molecule has 0 spiro atoms. The van der Waals surface area contributed by atoms with E-state index in [1.165, 1.54) is 0 Å². The standard InChI is InChI=1S/C16H20N2O/c1-11-10-18-15(12(2)16(11)19-3)9-14(17)13-7-5-4-6-8-13/h4-8,10,14H,9,17H2,1-3H3. The van der Waals surface area contributed by atoms with Gasteiger partial charge in [-0.3, -0.25) is 4.98 Å². The highest BCUT2D eigenvalue weighted by Crippen LogP contribution is 2.26. The van der Waals surface area contributed by atoms with E-state index < -0.39 is 0 Å². The molecule has 100 valence electrons. The third-order valence-electron chi connectivity index (χ3n) is 3.39. The van der Waals surface area contributed by atoms with E-state index in [-0.39, 0.29) is 6.04 Å². The van der Waals surface area contributed by atoms with Gasteiger partial charge in [0.15, 0.2) is 0 Å². The van der Waals surface area contributed by atoms with Crippen molar-refractivity contribution in [1.29, 1.82) is 0 Å². The van der Waals surface area contributed by atoms with Crippen LogP contribution < -0.4 is 10.5 Å². The predicted octanol–water partition coefficient (Wildman–Crippen LogP) is 2.95. The third-order valence-corrected chi connectivity index (χ3v) is 3.39. The van der Waals surface area contributed by atoms with Gasteiger partial charge in [-0.05, 0) is 19.4 Å². The Bertz CT molecular complexity index is 552. The quantitative estimate of drug-likeness (QED) is 0.915. The molecule has 0 bridgehead atoms. The summed E-state index contributed by atoms with van der Waals surface area (Å²) in [5.74, 6) is 0.908. The monoisotopic (exact) mass is 256 g/mol. The Morgan fingerprint density at radius 3 is 2.53 bits per heavy atom. The molecule has 2 aromatic rings. The van der Waals surface area contributed by atoms with E-state index in [0.29, 0.717) is 6.42 Å². The van der Waals surface area contributed by atoms with Crippen LogP contribution in [-0.2, 0) is 6.42 Å². The second-order valence-electron chi connectivity index (χ2n) is 4.77. The minimum absolute atomic E-state index is 0.0418. The number of nitrogens with zero attached hydrogens (tertiary/aromatic N) is 1. The van der Waals surface area contributed by atoms with Gasteiger partial charge in [0.2, 0.25) is 0 Å². The van der Waals surface area contributed by atoms with Gasteiger partial charge in [0.05, 0.1) is 7.11 Å². The van der Waals surface area contributed by atoms with Crippen LogP contribution in [0.4, 0.5) is 0 Å². The van der Waals surface area contributed by atoms with Gasteiger partial charge in [-0.1, -0.05) is 30.3 Å². The molecule has 0 saturated carbocycles. The summed E-state index contributed by atoms with van der Waals surface area (Å²) in [4.78, 5) is 4.49. The highest BCUT2D eigenvalue weighted by Gasteiger charge is 2.13. The number of aryl methyl sites for hydroxylation is 1. The second-order valence-corrected chi connectivity index (χ2v) is 4.77. The summed E-state index contributed by atoms with van der Waals surface area (Å²) >= 11 is 0. The number of hydrogen-bond donors (Lipinski definition) is 1. The van der Waals surface area contributed by atoms with E-state index >= 15 is 0 Å². The van der Waals surface area contributed by atoms with Crippen molar-refractivity contribution in [1.82, 2.24) is 4.98 Å². The Labute approximate surface area is 114 Å². The van der Waals surface area contributed by atoms with Crippen LogP contribution in [0, 0.1) is 13.8 Å². The van der Waals surface area contributed by atoms with Crippen LogP contribution in [0.15, 0.2) is 36.5 Å². The van der Waals surface area contributed by atoms with Gasteiger partial charge in [-0.2, -0.15) is 0 Å². The second kappa shape index (κ2) is 5.85. The highest BCUT2D eigenvalue weighted by atomic mass is 16.5. The summed E-state index contributed by atoms with van der Waals surface area (Å²) in [5.41, 5.74) is 10.5. The van der Waals surface area contributed by atoms with E-state index in [1.54, 1.807) is 7.11 Å². The SMILES string of the molecule is COc1c(C)cnc(CC(N)c2ccccc2)c1C. The van der Waals surface area contributed by atoms with Crippen LogP contribution in [0.3, 0.4) is 0 Å². The molecule has 0 radical (unpaired) electrons. The Hall–Kier alpha value is -1.87. The fourth-order valence-electron chi connectivity index (χ4n) is 2.30. The van der Waals surface area contributed by atoms with Gasteiger partial charge in [0.25, 0.3) is 0 Å². The van der Waals surface area contributed by atoms with E-state index in [0.717, 1.165) is 28.1 Å². The first-order chi connectivity index (χ1) is 9.13. The van der Waals surface area contributed by atoms with Crippen molar-refractivity contribution < 1.29 is 4.74 Å². The highest BCUT2D eigenvalue weighted by molar-refractivity contribution is 5.41. The third kappa shape index (κ3) is 2.93.